The average molecular weight is 348 g/mol. The first-order chi connectivity index (χ1) is 12.4. The van der Waals surface area contributed by atoms with Gasteiger partial charge < -0.3 is 9.47 Å². The molecule has 0 aliphatic heterocycles. The van der Waals surface area contributed by atoms with Gasteiger partial charge in [0.1, 0.15) is 0 Å². The van der Waals surface area contributed by atoms with Gasteiger partial charge in [-0.25, -0.2) is 9.59 Å². The summed E-state index contributed by atoms with van der Waals surface area (Å²) in [6.45, 7) is 3.94. The van der Waals surface area contributed by atoms with E-state index >= 15 is 0 Å². The molecule has 0 amide bonds. The Balaban J connectivity index is 2.67. The molecule has 4 nitrogen and oxygen atoms in total. The first-order valence-electron chi connectivity index (χ1n) is 8.02. The molecule has 0 atom stereocenters. The first-order valence-corrected chi connectivity index (χ1v) is 8.02. The van der Waals surface area contributed by atoms with Gasteiger partial charge in [-0.2, -0.15) is 0 Å². The summed E-state index contributed by atoms with van der Waals surface area (Å²) in [6, 6.07) is 13.4. The highest BCUT2D eigenvalue weighted by Gasteiger charge is 2.12. The predicted octanol–water partition coefficient (Wildman–Crippen LogP) is 3.43. The van der Waals surface area contributed by atoms with Crippen LogP contribution in [0.2, 0.25) is 0 Å². The Morgan fingerprint density at radius 1 is 0.923 bits per heavy atom. The lowest BCUT2D eigenvalue weighted by molar-refractivity contribution is -0.135. The molecule has 0 fully saturated rings. The van der Waals surface area contributed by atoms with Crippen LogP contribution < -0.4 is 0 Å². The van der Waals surface area contributed by atoms with E-state index in [1.807, 2.05) is 56.3 Å². The van der Waals surface area contributed by atoms with E-state index in [9.17, 15) is 9.59 Å². The maximum absolute atomic E-state index is 11.9. The van der Waals surface area contributed by atoms with Crippen LogP contribution >= 0.6 is 0 Å². The largest absolute Gasteiger partial charge is 0.466 e. The maximum Gasteiger partial charge on any atom is 0.384 e. The lowest BCUT2D eigenvalue weighted by Gasteiger charge is -2.12. The van der Waals surface area contributed by atoms with Crippen molar-refractivity contribution in [3.05, 3.63) is 76.4 Å². The van der Waals surface area contributed by atoms with Crippen molar-refractivity contribution in [1.82, 2.24) is 0 Å². The van der Waals surface area contributed by atoms with Crippen molar-refractivity contribution in [1.29, 1.82) is 0 Å². The van der Waals surface area contributed by atoms with Gasteiger partial charge in [0.25, 0.3) is 0 Å². The molecule has 2 aromatic rings. The lowest BCUT2D eigenvalue weighted by atomic mass is 9.92. The Morgan fingerprint density at radius 3 is 2.19 bits per heavy atom. The SMILES string of the molecule is COC(=O)C#Cc1ccc(C)cc1/C(=C/C(=O)OC)c1ccc(C)cc1. The van der Waals surface area contributed by atoms with Crippen LogP contribution in [0.4, 0.5) is 0 Å². The molecule has 132 valence electrons. The number of benzene rings is 2. The normalized spacial score (nSPS) is 10.5. The standard InChI is InChI=1S/C22H20O4/c1-15-5-8-17(9-6-15)20(14-22(24)26-4)19-13-16(2)7-10-18(19)11-12-21(23)25-3/h5-10,13-14H,1-4H3/b20-14+. The molecular formula is C22H20O4. The minimum Gasteiger partial charge on any atom is -0.466 e. The molecular weight excluding hydrogens is 328 g/mol. The predicted molar refractivity (Wildman–Crippen MR) is 100 cm³/mol. The molecule has 4 heteroatoms. The smallest absolute Gasteiger partial charge is 0.384 e. The van der Waals surface area contributed by atoms with Crippen molar-refractivity contribution in [3.8, 4) is 11.8 Å². The zero-order valence-corrected chi connectivity index (χ0v) is 15.3. The number of hydrogen-bond acceptors (Lipinski definition) is 4. The van der Waals surface area contributed by atoms with Crippen molar-refractivity contribution in [3.63, 3.8) is 0 Å². The van der Waals surface area contributed by atoms with Crippen LogP contribution in [0, 0.1) is 25.7 Å². The topological polar surface area (TPSA) is 52.6 Å². The summed E-state index contributed by atoms with van der Waals surface area (Å²) in [5.74, 6) is 4.18. The highest BCUT2D eigenvalue weighted by atomic mass is 16.5. The number of aryl methyl sites for hydroxylation is 2. The third-order valence-corrected chi connectivity index (χ3v) is 3.78. The molecule has 0 heterocycles. The molecule has 0 saturated carbocycles. The summed E-state index contributed by atoms with van der Waals surface area (Å²) in [7, 11) is 2.61. The molecule has 0 saturated heterocycles. The van der Waals surface area contributed by atoms with E-state index in [1.54, 1.807) is 0 Å². The zero-order chi connectivity index (χ0) is 19.1. The van der Waals surface area contributed by atoms with Gasteiger partial charge in [-0.3, -0.25) is 0 Å². The van der Waals surface area contributed by atoms with E-state index in [1.165, 1.54) is 20.3 Å². The molecule has 0 aromatic heterocycles. The van der Waals surface area contributed by atoms with Gasteiger partial charge in [0.2, 0.25) is 0 Å². The summed E-state index contributed by atoms with van der Waals surface area (Å²) >= 11 is 0. The molecule has 0 radical (unpaired) electrons. The second-order valence-corrected chi connectivity index (χ2v) is 5.74. The Kier molecular flexibility index (Phi) is 6.35. The molecule has 0 bridgehead atoms. The summed E-state index contributed by atoms with van der Waals surface area (Å²) in [5, 5.41) is 0. The lowest BCUT2D eigenvalue weighted by Crippen LogP contribution is -2.01. The first kappa shape index (κ1) is 19.0. The van der Waals surface area contributed by atoms with E-state index in [-0.39, 0.29) is 0 Å². The second-order valence-electron chi connectivity index (χ2n) is 5.74. The van der Waals surface area contributed by atoms with E-state index < -0.39 is 11.9 Å². The van der Waals surface area contributed by atoms with Crippen LogP contribution in [0.1, 0.15) is 27.8 Å². The monoisotopic (exact) mass is 348 g/mol. The Labute approximate surface area is 153 Å². The van der Waals surface area contributed by atoms with Crippen LogP contribution in [0.5, 0.6) is 0 Å². The van der Waals surface area contributed by atoms with Gasteiger partial charge in [0.05, 0.1) is 14.2 Å². The Morgan fingerprint density at radius 2 is 1.58 bits per heavy atom. The number of carbonyl (C=O) groups is 2. The maximum atomic E-state index is 11.9. The van der Waals surface area contributed by atoms with Crippen molar-refractivity contribution < 1.29 is 19.1 Å². The van der Waals surface area contributed by atoms with Crippen molar-refractivity contribution in [2.45, 2.75) is 13.8 Å². The van der Waals surface area contributed by atoms with Crippen LogP contribution in [0.15, 0.2) is 48.5 Å². The number of carbonyl (C=O) groups excluding carboxylic acids is 2. The highest BCUT2D eigenvalue weighted by Crippen LogP contribution is 2.27. The molecule has 2 aromatic carbocycles. The number of esters is 2. The third-order valence-electron chi connectivity index (χ3n) is 3.78. The fraction of sp³-hybridized carbons (Fsp3) is 0.182. The van der Waals surface area contributed by atoms with E-state index in [0.717, 1.165) is 22.3 Å². The second kappa shape index (κ2) is 8.68. The van der Waals surface area contributed by atoms with Crippen LogP contribution in [-0.2, 0) is 19.1 Å². The van der Waals surface area contributed by atoms with E-state index in [2.05, 4.69) is 16.6 Å². The quantitative estimate of drug-likeness (QED) is 0.484. The summed E-state index contributed by atoms with van der Waals surface area (Å²) in [5.41, 5.74) is 5.02. The minimum atomic E-state index is -0.620. The number of ether oxygens (including phenoxy) is 2. The van der Waals surface area contributed by atoms with Gasteiger partial charge in [-0.15, -0.1) is 0 Å². The fourth-order valence-corrected chi connectivity index (χ4v) is 2.39. The molecule has 0 aliphatic carbocycles. The Hall–Kier alpha value is -3.32. The minimum absolute atomic E-state index is 0.464. The van der Waals surface area contributed by atoms with E-state index in [0.29, 0.717) is 11.1 Å². The summed E-state index contributed by atoms with van der Waals surface area (Å²) < 4.78 is 9.38. The molecule has 2 rings (SSSR count). The van der Waals surface area contributed by atoms with Gasteiger partial charge in [0, 0.05) is 17.6 Å². The average Bonchev–Trinajstić information content (AvgIpc) is 2.65. The summed E-state index contributed by atoms with van der Waals surface area (Å²) in [6.07, 6.45) is 1.43. The van der Waals surface area contributed by atoms with Crippen molar-refractivity contribution in [2.75, 3.05) is 14.2 Å². The van der Waals surface area contributed by atoms with Gasteiger partial charge in [0.15, 0.2) is 0 Å². The van der Waals surface area contributed by atoms with Gasteiger partial charge in [-0.1, -0.05) is 53.4 Å². The molecule has 0 unspecified atom stereocenters. The van der Waals surface area contributed by atoms with Crippen LogP contribution in [0.25, 0.3) is 5.57 Å². The summed E-state index contributed by atoms with van der Waals surface area (Å²) in [4.78, 5) is 23.3. The van der Waals surface area contributed by atoms with Crippen molar-refractivity contribution >= 4 is 17.5 Å². The Bertz CT molecular complexity index is 909. The third kappa shape index (κ3) is 4.84. The molecule has 0 N–H and O–H groups in total. The molecule has 0 aliphatic rings. The zero-order valence-electron chi connectivity index (χ0n) is 15.3. The highest BCUT2D eigenvalue weighted by molar-refractivity contribution is 5.97. The van der Waals surface area contributed by atoms with Crippen LogP contribution in [0.3, 0.4) is 0 Å². The number of hydrogen-bond donors (Lipinski definition) is 0. The molecule has 26 heavy (non-hydrogen) atoms. The van der Waals surface area contributed by atoms with Gasteiger partial charge >= 0.3 is 11.9 Å². The van der Waals surface area contributed by atoms with Crippen molar-refractivity contribution in [2.24, 2.45) is 0 Å². The fourth-order valence-electron chi connectivity index (χ4n) is 2.39. The van der Waals surface area contributed by atoms with Gasteiger partial charge in [-0.05, 0) is 36.6 Å². The van der Waals surface area contributed by atoms with Crippen LogP contribution in [-0.4, -0.2) is 26.2 Å². The number of rotatable bonds is 3. The number of methoxy groups -OCH3 is 2. The molecule has 0 spiro atoms. The van der Waals surface area contributed by atoms with E-state index in [4.69, 9.17) is 4.74 Å².